The van der Waals surface area contributed by atoms with Gasteiger partial charge in [-0.2, -0.15) is 0 Å². The molecule has 70 valence electrons. The van der Waals surface area contributed by atoms with Crippen molar-refractivity contribution >= 4 is 0 Å². The van der Waals surface area contributed by atoms with Crippen molar-refractivity contribution in [1.82, 2.24) is 0 Å². The van der Waals surface area contributed by atoms with Gasteiger partial charge in [0.2, 0.25) is 0 Å². The molecule has 0 aromatic heterocycles. The maximum absolute atomic E-state index is 3.69. The van der Waals surface area contributed by atoms with Gasteiger partial charge >= 0.3 is 0 Å². The fourth-order valence-electron chi connectivity index (χ4n) is 1.78. The molecule has 0 saturated heterocycles. The van der Waals surface area contributed by atoms with Gasteiger partial charge in [0.25, 0.3) is 0 Å². The van der Waals surface area contributed by atoms with Crippen LogP contribution >= 0.6 is 0 Å². The van der Waals surface area contributed by atoms with Crippen LogP contribution in [-0.2, 0) is 0 Å². The molecule has 1 rings (SSSR count). The molecule has 0 radical (unpaired) electrons. The van der Waals surface area contributed by atoms with Gasteiger partial charge in [0.15, 0.2) is 0 Å². The van der Waals surface area contributed by atoms with Crippen molar-refractivity contribution in [1.29, 1.82) is 0 Å². The second-order valence-electron chi connectivity index (χ2n) is 3.48. The van der Waals surface area contributed by atoms with Gasteiger partial charge in [0.05, 0.1) is 0 Å². The third kappa shape index (κ3) is 2.45. The lowest BCUT2D eigenvalue weighted by Crippen LogP contribution is -2.05. The SMILES string of the molecule is C=C/C=C\C1=C(C)C=CCC1CC. The Kier molecular flexibility index (Phi) is 3.75. The van der Waals surface area contributed by atoms with Crippen LogP contribution in [0.1, 0.15) is 26.7 Å². The highest BCUT2D eigenvalue weighted by molar-refractivity contribution is 5.37. The van der Waals surface area contributed by atoms with E-state index >= 15 is 0 Å². The Labute approximate surface area is 81.4 Å². The minimum Gasteiger partial charge on any atom is -0.0991 e. The van der Waals surface area contributed by atoms with Gasteiger partial charge < -0.3 is 0 Å². The Hall–Kier alpha value is -1.04. The summed E-state index contributed by atoms with van der Waals surface area (Å²) in [5.74, 6) is 0.709. The van der Waals surface area contributed by atoms with Crippen molar-refractivity contribution in [3.63, 3.8) is 0 Å². The molecule has 0 spiro atoms. The van der Waals surface area contributed by atoms with E-state index in [2.05, 4.69) is 38.7 Å². The van der Waals surface area contributed by atoms with Gasteiger partial charge in [-0.1, -0.05) is 43.9 Å². The summed E-state index contributed by atoms with van der Waals surface area (Å²) >= 11 is 0. The molecule has 1 aliphatic rings. The quantitative estimate of drug-likeness (QED) is 0.567. The van der Waals surface area contributed by atoms with E-state index in [1.807, 2.05) is 12.2 Å². The Morgan fingerprint density at radius 2 is 2.38 bits per heavy atom. The Morgan fingerprint density at radius 3 is 3.00 bits per heavy atom. The van der Waals surface area contributed by atoms with Crippen molar-refractivity contribution in [2.45, 2.75) is 26.7 Å². The Morgan fingerprint density at radius 1 is 1.62 bits per heavy atom. The molecule has 0 nitrogen and oxygen atoms in total. The first-order valence-electron chi connectivity index (χ1n) is 4.96. The van der Waals surface area contributed by atoms with E-state index in [0.29, 0.717) is 5.92 Å². The first-order chi connectivity index (χ1) is 6.29. The fourth-order valence-corrected chi connectivity index (χ4v) is 1.78. The molecule has 0 N–H and O–H groups in total. The van der Waals surface area contributed by atoms with Crippen LogP contribution in [0.3, 0.4) is 0 Å². The third-order valence-electron chi connectivity index (χ3n) is 2.59. The monoisotopic (exact) mass is 174 g/mol. The normalized spacial score (nSPS) is 22.8. The number of hydrogen-bond acceptors (Lipinski definition) is 0. The second-order valence-corrected chi connectivity index (χ2v) is 3.48. The van der Waals surface area contributed by atoms with Crippen LogP contribution in [0.15, 0.2) is 48.1 Å². The average molecular weight is 174 g/mol. The summed E-state index contributed by atoms with van der Waals surface area (Å²) in [4.78, 5) is 0. The van der Waals surface area contributed by atoms with E-state index in [4.69, 9.17) is 0 Å². The summed E-state index contributed by atoms with van der Waals surface area (Å²) in [5, 5.41) is 0. The maximum atomic E-state index is 3.69. The van der Waals surface area contributed by atoms with E-state index in [-0.39, 0.29) is 0 Å². The summed E-state index contributed by atoms with van der Waals surface area (Å²) < 4.78 is 0. The third-order valence-corrected chi connectivity index (χ3v) is 2.59. The zero-order valence-electron chi connectivity index (χ0n) is 8.59. The van der Waals surface area contributed by atoms with E-state index in [9.17, 15) is 0 Å². The van der Waals surface area contributed by atoms with Crippen molar-refractivity contribution in [3.05, 3.63) is 48.1 Å². The van der Waals surface area contributed by atoms with Crippen LogP contribution < -0.4 is 0 Å². The standard InChI is InChI=1S/C13H18/c1-4-6-10-13-11(3)8-7-9-12(13)5-2/h4,6-8,10,12H,1,5,9H2,2-3H3/b10-6-. The minimum absolute atomic E-state index is 0.709. The summed E-state index contributed by atoms with van der Waals surface area (Å²) in [7, 11) is 0. The van der Waals surface area contributed by atoms with Gasteiger partial charge in [0, 0.05) is 0 Å². The van der Waals surface area contributed by atoms with Crippen LogP contribution in [0.2, 0.25) is 0 Å². The zero-order chi connectivity index (χ0) is 9.68. The molecule has 0 saturated carbocycles. The number of rotatable bonds is 3. The van der Waals surface area contributed by atoms with Crippen molar-refractivity contribution in [2.24, 2.45) is 5.92 Å². The van der Waals surface area contributed by atoms with Crippen LogP contribution in [0.5, 0.6) is 0 Å². The topological polar surface area (TPSA) is 0 Å². The zero-order valence-corrected chi connectivity index (χ0v) is 8.59. The van der Waals surface area contributed by atoms with Gasteiger partial charge in [-0.15, -0.1) is 0 Å². The largest absolute Gasteiger partial charge is 0.0991 e. The van der Waals surface area contributed by atoms with Crippen LogP contribution in [0.4, 0.5) is 0 Å². The molecule has 1 aliphatic carbocycles. The lowest BCUT2D eigenvalue weighted by Gasteiger charge is -2.20. The molecule has 0 aromatic rings. The van der Waals surface area contributed by atoms with E-state index in [1.54, 1.807) is 0 Å². The molecule has 0 heterocycles. The van der Waals surface area contributed by atoms with E-state index in [0.717, 1.165) is 0 Å². The molecule has 0 aliphatic heterocycles. The second kappa shape index (κ2) is 4.86. The maximum Gasteiger partial charge on any atom is -0.0127 e. The Balaban J connectivity index is 2.89. The van der Waals surface area contributed by atoms with Crippen LogP contribution in [-0.4, -0.2) is 0 Å². The molecular weight excluding hydrogens is 156 g/mol. The molecular formula is C13H18. The molecule has 13 heavy (non-hydrogen) atoms. The lowest BCUT2D eigenvalue weighted by atomic mass is 9.85. The summed E-state index contributed by atoms with van der Waals surface area (Å²) in [6.45, 7) is 8.12. The van der Waals surface area contributed by atoms with Crippen LogP contribution in [0, 0.1) is 5.92 Å². The van der Waals surface area contributed by atoms with Gasteiger partial charge in [0.1, 0.15) is 0 Å². The molecule has 1 atom stereocenters. The van der Waals surface area contributed by atoms with Crippen LogP contribution in [0.25, 0.3) is 0 Å². The fraction of sp³-hybridized carbons (Fsp3) is 0.385. The molecule has 0 heteroatoms. The molecule has 0 aromatic carbocycles. The minimum atomic E-state index is 0.709. The number of allylic oxidation sites excluding steroid dienone is 7. The lowest BCUT2D eigenvalue weighted by molar-refractivity contribution is 0.602. The Bertz CT molecular complexity index is 264. The van der Waals surface area contributed by atoms with Crippen molar-refractivity contribution < 1.29 is 0 Å². The first-order valence-corrected chi connectivity index (χ1v) is 4.96. The van der Waals surface area contributed by atoms with Crippen molar-refractivity contribution in [3.8, 4) is 0 Å². The first kappa shape index (κ1) is 10.0. The van der Waals surface area contributed by atoms with Crippen molar-refractivity contribution in [2.75, 3.05) is 0 Å². The highest BCUT2D eigenvalue weighted by atomic mass is 14.2. The summed E-state index contributed by atoms with van der Waals surface area (Å²) in [5.41, 5.74) is 2.88. The predicted molar refractivity (Wildman–Crippen MR) is 59.6 cm³/mol. The highest BCUT2D eigenvalue weighted by Crippen LogP contribution is 2.28. The van der Waals surface area contributed by atoms with Gasteiger partial charge in [-0.25, -0.2) is 0 Å². The molecule has 0 fully saturated rings. The summed E-state index contributed by atoms with van der Waals surface area (Å²) in [6, 6.07) is 0. The summed E-state index contributed by atoms with van der Waals surface area (Å²) in [6.07, 6.45) is 13.0. The van der Waals surface area contributed by atoms with Gasteiger partial charge in [-0.05, 0) is 36.8 Å². The van der Waals surface area contributed by atoms with E-state index < -0.39 is 0 Å². The smallest absolute Gasteiger partial charge is 0.0127 e. The molecule has 1 unspecified atom stereocenters. The molecule has 0 bridgehead atoms. The number of hydrogen-bond donors (Lipinski definition) is 0. The highest BCUT2D eigenvalue weighted by Gasteiger charge is 2.13. The average Bonchev–Trinajstić information content (AvgIpc) is 2.15. The van der Waals surface area contributed by atoms with Gasteiger partial charge in [-0.3, -0.25) is 0 Å². The predicted octanol–water partition coefficient (Wildman–Crippen LogP) is 4.03. The molecule has 0 amide bonds. The van der Waals surface area contributed by atoms with E-state index in [1.165, 1.54) is 24.0 Å².